The summed E-state index contributed by atoms with van der Waals surface area (Å²) in [6.45, 7) is 2.53. The van der Waals surface area contributed by atoms with Crippen LogP contribution < -0.4 is 5.32 Å². The Kier molecular flexibility index (Phi) is 6.44. The van der Waals surface area contributed by atoms with E-state index in [1.165, 1.54) is 14.2 Å². The molecule has 1 fully saturated rings. The van der Waals surface area contributed by atoms with Crippen LogP contribution in [0, 0.1) is 11.8 Å². The molecule has 3 atom stereocenters. The van der Waals surface area contributed by atoms with Crippen molar-refractivity contribution in [3.63, 3.8) is 0 Å². The van der Waals surface area contributed by atoms with Crippen LogP contribution in [0.1, 0.15) is 19.8 Å². The molecule has 0 aromatic rings. The third kappa shape index (κ3) is 4.48. The van der Waals surface area contributed by atoms with Gasteiger partial charge in [0, 0.05) is 6.61 Å². The molecule has 0 aromatic heterocycles. The maximum atomic E-state index is 12.0. The molecule has 1 aliphatic heterocycles. The molecular formula is C13H21NO6. The average Bonchev–Trinajstić information content (AvgIpc) is 2.98. The Hall–Kier alpha value is -1.63. The highest BCUT2D eigenvalue weighted by molar-refractivity contribution is 5.86. The van der Waals surface area contributed by atoms with Crippen LogP contribution in [-0.2, 0) is 28.6 Å². The Bertz CT molecular complexity index is 364. The Labute approximate surface area is 117 Å². The number of hydrogen-bond acceptors (Lipinski definition) is 6. The van der Waals surface area contributed by atoms with Crippen LogP contribution in [0.2, 0.25) is 0 Å². The van der Waals surface area contributed by atoms with Crippen molar-refractivity contribution < 1.29 is 28.6 Å². The molecule has 114 valence electrons. The van der Waals surface area contributed by atoms with Crippen LogP contribution in [0.5, 0.6) is 0 Å². The molecule has 7 nitrogen and oxygen atoms in total. The van der Waals surface area contributed by atoms with E-state index in [4.69, 9.17) is 4.74 Å². The Morgan fingerprint density at radius 3 is 2.40 bits per heavy atom. The molecular weight excluding hydrogens is 266 g/mol. The molecule has 0 bridgehead atoms. The third-order valence-electron chi connectivity index (χ3n) is 3.30. The predicted molar refractivity (Wildman–Crippen MR) is 68.7 cm³/mol. The first kappa shape index (κ1) is 16.4. The second-order valence-electron chi connectivity index (χ2n) is 4.80. The molecule has 1 rings (SSSR count). The van der Waals surface area contributed by atoms with E-state index < -0.39 is 23.9 Å². The number of carbonyl (C=O) groups is 3. The van der Waals surface area contributed by atoms with Gasteiger partial charge >= 0.3 is 11.9 Å². The molecule has 1 aliphatic rings. The molecule has 1 N–H and O–H groups in total. The van der Waals surface area contributed by atoms with Crippen molar-refractivity contribution in [2.45, 2.75) is 25.8 Å². The topological polar surface area (TPSA) is 90.9 Å². The minimum absolute atomic E-state index is 0.138. The van der Waals surface area contributed by atoms with E-state index in [-0.39, 0.29) is 18.2 Å². The molecule has 1 amide bonds. The van der Waals surface area contributed by atoms with Gasteiger partial charge in [-0.1, -0.05) is 6.92 Å². The first-order chi connectivity index (χ1) is 9.49. The minimum Gasteiger partial charge on any atom is -0.469 e. The van der Waals surface area contributed by atoms with E-state index >= 15 is 0 Å². The zero-order valence-electron chi connectivity index (χ0n) is 12.0. The predicted octanol–water partition coefficient (Wildman–Crippen LogP) is -0.120. The van der Waals surface area contributed by atoms with Gasteiger partial charge in [-0.05, 0) is 12.8 Å². The maximum Gasteiger partial charge on any atom is 0.328 e. The zero-order valence-corrected chi connectivity index (χ0v) is 12.0. The summed E-state index contributed by atoms with van der Waals surface area (Å²) in [6, 6.07) is -0.859. The smallest absolute Gasteiger partial charge is 0.328 e. The van der Waals surface area contributed by atoms with Gasteiger partial charge in [-0.15, -0.1) is 0 Å². The first-order valence-corrected chi connectivity index (χ1v) is 6.53. The van der Waals surface area contributed by atoms with Gasteiger partial charge in [0.15, 0.2) is 0 Å². The summed E-state index contributed by atoms with van der Waals surface area (Å²) in [5.74, 6) is -2.03. The number of nitrogens with one attached hydrogen (secondary N) is 1. The number of esters is 2. The van der Waals surface area contributed by atoms with Gasteiger partial charge in [0.05, 0.1) is 32.7 Å². The van der Waals surface area contributed by atoms with Crippen LogP contribution in [0.15, 0.2) is 0 Å². The lowest BCUT2D eigenvalue weighted by Crippen LogP contribution is -2.45. The van der Waals surface area contributed by atoms with Crippen LogP contribution in [0.3, 0.4) is 0 Å². The summed E-state index contributed by atoms with van der Waals surface area (Å²) in [4.78, 5) is 35.1. The van der Waals surface area contributed by atoms with Gasteiger partial charge < -0.3 is 19.5 Å². The fraction of sp³-hybridized carbons (Fsp3) is 0.769. The van der Waals surface area contributed by atoms with Gasteiger partial charge in [-0.3, -0.25) is 9.59 Å². The lowest BCUT2D eigenvalue weighted by Gasteiger charge is -2.20. The molecule has 20 heavy (non-hydrogen) atoms. The highest BCUT2D eigenvalue weighted by atomic mass is 16.5. The summed E-state index contributed by atoms with van der Waals surface area (Å²) < 4.78 is 14.4. The molecule has 0 aliphatic carbocycles. The number of amides is 1. The summed E-state index contributed by atoms with van der Waals surface area (Å²) >= 11 is 0. The van der Waals surface area contributed by atoms with Crippen molar-refractivity contribution in [1.29, 1.82) is 0 Å². The second kappa shape index (κ2) is 7.84. The number of rotatable bonds is 6. The average molecular weight is 287 g/mol. The van der Waals surface area contributed by atoms with E-state index in [1.807, 2.05) is 0 Å². The highest BCUT2D eigenvalue weighted by Gasteiger charge is 2.31. The van der Waals surface area contributed by atoms with Gasteiger partial charge in [-0.2, -0.15) is 0 Å². The molecule has 0 spiro atoms. The largest absolute Gasteiger partial charge is 0.469 e. The fourth-order valence-corrected chi connectivity index (χ4v) is 2.04. The number of methoxy groups -OCH3 is 2. The van der Waals surface area contributed by atoms with E-state index in [9.17, 15) is 14.4 Å². The molecule has 1 heterocycles. The summed E-state index contributed by atoms with van der Waals surface area (Å²) in [5.41, 5.74) is 0. The quantitative estimate of drug-likeness (QED) is 0.685. The monoisotopic (exact) mass is 287 g/mol. The molecule has 0 unspecified atom stereocenters. The lowest BCUT2D eigenvalue weighted by molar-refractivity contribution is -0.149. The summed E-state index contributed by atoms with van der Waals surface area (Å²) in [7, 11) is 2.52. The zero-order chi connectivity index (χ0) is 15.1. The molecule has 0 saturated carbocycles. The first-order valence-electron chi connectivity index (χ1n) is 6.53. The van der Waals surface area contributed by atoms with E-state index in [0.717, 1.165) is 0 Å². The summed E-state index contributed by atoms with van der Waals surface area (Å²) in [6.07, 6.45) is 0.769. The summed E-state index contributed by atoms with van der Waals surface area (Å²) in [5, 5.41) is 2.62. The van der Waals surface area contributed by atoms with Crippen molar-refractivity contribution in [3.05, 3.63) is 0 Å². The van der Waals surface area contributed by atoms with Crippen molar-refractivity contribution in [3.8, 4) is 0 Å². The minimum atomic E-state index is -0.859. The number of ether oxygens (including phenoxy) is 3. The molecule has 0 radical (unpaired) electrons. The Morgan fingerprint density at radius 1 is 1.25 bits per heavy atom. The van der Waals surface area contributed by atoms with E-state index in [0.29, 0.717) is 19.6 Å². The maximum absolute atomic E-state index is 12.0. The van der Waals surface area contributed by atoms with Gasteiger partial charge in [-0.25, -0.2) is 4.79 Å². The lowest BCUT2D eigenvalue weighted by atomic mass is 10.0. The van der Waals surface area contributed by atoms with Crippen molar-refractivity contribution in [2.75, 3.05) is 27.4 Å². The van der Waals surface area contributed by atoms with Crippen molar-refractivity contribution in [1.82, 2.24) is 5.32 Å². The van der Waals surface area contributed by atoms with Crippen LogP contribution >= 0.6 is 0 Å². The highest BCUT2D eigenvalue weighted by Crippen LogP contribution is 2.14. The van der Waals surface area contributed by atoms with E-state index in [2.05, 4.69) is 14.8 Å². The molecule has 1 saturated heterocycles. The molecule has 0 aromatic carbocycles. The van der Waals surface area contributed by atoms with E-state index in [1.54, 1.807) is 6.92 Å². The normalized spacial score (nSPS) is 20.9. The fourth-order valence-electron chi connectivity index (χ4n) is 2.04. The number of hydrogen-bond donors (Lipinski definition) is 1. The molecule has 7 heteroatoms. The Morgan fingerprint density at radius 2 is 1.90 bits per heavy atom. The van der Waals surface area contributed by atoms with Crippen LogP contribution in [-0.4, -0.2) is 51.3 Å². The standard InChI is InChI=1S/C13H21NO6/c1-8(12(16)18-2)6-10(13(17)19-3)14-11(15)9-4-5-20-7-9/h8-10H,4-7H2,1-3H3,(H,14,15)/t8-,9-,10-/m1/s1. The van der Waals surface area contributed by atoms with Crippen molar-refractivity contribution >= 4 is 17.8 Å². The second-order valence-corrected chi connectivity index (χ2v) is 4.80. The van der Waals surface area contributed by atoms with Crippen molar-refractivity contribution in [2.24, 2.45) is 11.8 Å². The third-order valence-corrected chi connectivity index (χ3v) is 3.30. The number of carbonyl (C=O) groups excluding carboxylic acids is 3. The SMILES string of the molecule is COC(=O)[C@H](C)C[C@@H](NC(=O)[C@@H]1CCOC1)C(=O)OC. The van der Waals surface area contributed by atoms with Gasteiger partial charge in [0.1, 0.15) is 6.04 Å². The van der Waals surface area contributed by atoms with Gasteiger partial charge in [0.2, 0.25) is 5.91 Å². The Balaban J connectivity index is 2.61. The van der Waals surface area contributed by atoms with Crippen LogP contribution in [0.25, 0.3) is 0 Å². The van der Waals surface area contributed by atoms with Gasteiger partial charge in [0.25, 0.3) is 0 Å². The van der Waals surface area contributed by atoms with Crippen LogP contribution in [0.4, 0.5) is 0 Å².